The number of hydrogen-bond acceptors (Lipinski definition) is 3. The fourth-order valence-corrected chi connectivity index (χ4v) is 1.77. The van der Waals surface area contributed by atoms with E-state index in [0.29, 0.717) is 0 Å². The molecular weight excluding hydrogens is 222 g/mol. The van der Waals surface area contributed by atoms with Gasteiger partial charge in [-0.1, -0.05) is 17.7 Å². The Morgan fingerprint density at radius 1 is 1.17 bits per heavy atom. The van der Waals surface area contributed by atoms with E-state index in [2.05, 4.69) is 16.4 Å². The van der Waals surface area contributed by atoms with E-state index in [1.807, 2.05) is 44.2 Å². The summed E-state index contributed by atoms with van der Waals surface area (Å²) in [5, 5.41) is 12.5. The summed E-state index contributed by atoms with van der Waals surface area (Å²) in [5.41, 5.74) is 4.12. The molecule has 0 radical (unpaired) electrons. The molecule has 18 heavy (non-hydrogen) atoms. The highest BCUT2D eigenvalue weighted by Gasteiger charge is 2.12. The van der Waals surface area contributed by atoms with E-state index in [4.69, 9.17) is 0 Å². The van der Waals surface area contributed by atoms with Gasteiger partial charge in [-0.2, -0.15) is 5.26 Å². The van der Waals surface area contributed by atoms with E-state index in [-0.39, 0.29) is 6.04 Å². The highest BCUT2D eigenvalue weighted by Crippen LogP contribution is 2.21. The van der Waals surface area contributed by atoms with Crippen molar-refractivity contribution in [2.45, 2.75) is 19.9 Å². The third kappa shape index (κ3) is 2.67. The molecule has 3 nitrogen and oxygen atoms in total. The Morgan fingerprint density at radius 3 is 2.50 bits per heavy atom. The van der Waals surface area contributed by atoms with Gasteiger partial charge in [0.2, 0.25) is 0 Å². The van der Waals surface area contributed by atoms with Gasteiger partial charge in [0.15, 0.2) is 0 Å². The van der Waals surface area contributed by atoms with Crippen molar-refractivity contribution in [2.24, 2.45) is 0 Å². The summed E-state index contributed by atoms with van der Waals surface area (Å²) in [6.45, 7) is 4.02. The molecule has 0 amide bonds. The van der Waals surface area contributed by atoms with Crippen LogP contribution in [0.1, 0.15) is 22.7 Å². The molecule has 1 unspecified atom stereocenters. The Morgan fingerprint density at radius 2 is 1.89 bits per heavy atom. The summed E-state index contributed by atoms with van der Waals surface area (Å²) in [6.07, 6.45) is 3.48. The van der Waals surface area contributed by atoms with Crippen molar-refractivity contribution in [3.8, 4) is 6.07 Å². The molecule has 1 N–H and O–H groups in total. The van der Waals surface area contributed by atoms with Gasteiger partial charge >= 0.3 is 0 Å². The molecule has 0 aliphatic rings. The summed E-state index contributed by atoms with van der Waals surface area (Å²) in [4.78, 5) is 4.08. The third-order valence-electron chi connectivity index (χ3n) is 2.88. The van der Waals surface area contributed by atoms with Crippen LogP contribution in [0.5, 0.6) is 0 Å². The van der Waals surface area contributed by atoms with Crippen LogP contribution in [0.2, 0.25) is 0 Å². The van der Waals surface area contributed by atoms with Crippen LogP contribution in [0.3, 0.4) is 0 Å². The van der Waals surface area contributed by atoms with Crippen LogP contribution < -0.4 is 5.32 Å². The molecule has 0 fully saturated rings. The Labute approximate surface area is 107 Å². The van der Waals surface area contributed by atoms with Gasteiger partial charge in [-0.3, -0.25) is 4.98 Å². The summed E-state index contributed by atoms with van der Waals surface area (Å²) < 4.78 is 0. The van der Waals surface area contributed by atoms with Gasteiger partial charge in [-0.15, -0.1) is 0 Å². The number of anilines is 1. The zero-order valence-corrected chi connectivity index (χ0v) is 10.5. The highest BCUT2D eigenvalue weighted by molar-refractivity contribution is 5.49. The Balaban J connectivity index is 2.23. The second-order valence-electron chi connectivity index (χ2n) is 4.30. The van der Waals surface area contributed by atoms with Crippen molar-refractivity contribution < 1.29 is 0 Å². The van der Waals surface area contributed by atoms with E-state index < -0.39 is 0 Å². The van der Waals surface area contributed by atoms with Crippen molar-refractivity contribution >= 4 is 5.69 Å². The van der Waals surface area contributed by atoms with Crippen LogP contribution in [0.15, 0.2) is 42.7 Å². The average molecular weight is 237 g/mol. The molecule has 0 aliphatic heterocycles. The summed E-state index contributed by atoms with van der Waals surface area (Å²) in [6, 6.07) is 11.8. The second-order valence-corrected chi connectivity index (χ2v) is 4.30. The number of pyridine rings is 1. The van der Waals surface area contributed by atoms with Gasteiger partial charge in [0.1, 0.15) is 6.04 Å². The molecule has 2 aromatic rings. The highest BCUT2D eigenvalue weighted by atomic mass is 14.9. The normalized spacial score (nSPS) is 11.6. The quantitative estimate of drug-likeness (QED) is 0.890. The lowest BCUT2D eigenvalue weighted by Gasteiger charge is -2.15. The van der Waals surface area contributed by atoms with Gasteiger partial charge in [0.05, 0.1) is 6.07 Å². The minimum Gasteiger partial charge on any atom is -0.366 e. The topological polar surface area (TPSA) is 48.7 Å². The first-order valence-electron chi connectivity index (χ1n) is 5.84. The predicted octanol–water partition coefficient (Wildman–Crippen LogP) is 3.38. The van der Waals surface area contributed by atoms with Crippen molar-refractivity contribution in [1.82, 2.24) is 4.98 Å². The summed E-state index contributed by atoms with van der Waals surface area (Å²) in [7, 11) is 0. The molecule has 1 aromatic carbocycles. The summed E-state index contributed by atoms with van der Waals surface area (Å²) in [5.74, 6) is 0. The number of rotatable bonds is 3. The SMILES string of the molecule is Cc1ccc(NC(C#N)c2cnccc2C)cc1. The first-order valence-corrected chi connectivity index (χ1v) is 5.84. The zero-order chi connectivity index (χ0) is 13.0. The molecule has 1 atom stereocenters. The van der Waals surface area contributed by atoms with Crippen molar-refractivity contribution in [1.29, 1.82) is 5.26 Å². The van der Waals surface area contributed by atoms with Crippen LogP contribution >= 0.6 is 0 Å². The van der Waals surface area contributed by atoms with Gasteiger partial charge in [-0.05, 0) is 37.6 Å². The number of nitriles is 1. The predicted molar refractivity (Wildman–Crippen MR) is 72.1 cm³/mol. The van der Waals surface area contributed by atoms with Crippen LogP contribution in [0.4, 0.5) is 5.69 Å². The van der Waals surface area contributed by atoms with E-state index in [9.17, 15) is 5.26 Å². The van der Waals surface area contributed by atoms with Gasteiger partial charge in [0.25, 0.3) is 0 Å². The number of aryl methyl sites for hydroxylation is 2. The fraction of sp³-hybridized carbons (Fsp3) is 0.200. The fourth-order valence-electron chi connectivity index (χ4n) is 1.77. The summed E-state index contributed by atoms with van der Waals surface area (Å²) >= 11 is 0. The number of nitrogens with one attached hydrogen (secondary N) is 1. The minimum absolute atomic E-state index is 0.374. The number of aromatic nitrogens is 1. The molecule has 2 rings (SSSR count). The third-order valence-corrected chi connectivity index (χ3v) is 2.88. The van der Waals surface area contributed by atoms with Gasteiger partial charge in [0, 0.05) is 23.6 Å². The smallest absolute Gasteiger partial charge is 0.142 e. The molecule has 90 valence electrons. The molecule has 1 heterocycles. The molecule has 3 heteroatoms. The standard InChI is InChI=1S/C15H15N3/c1-11-3-5-13(6-4-11)18-15(9-16)14-10-17-8-7-12(14)2/h3-8,10,15,18H,1-2H3. The molecule has 0 saturated heterocycles. The van der Waals surface area contributed by atoms with E-state index in [1.54, 1.807) is 12.4 Å². The first kappa shape index (κ1) is 12.1. The van der Waals surface area contributed by atoms with Crippen molar-refractivity contribution in [2.75, 3.05) is 5.32 Å². The molecule has 0 saturated carbocycles. The van der Waals surface area contributed by atoms with Crippen LogP contribution in [-0.4, -0.2) is 4.98 Å². The van der Waals surface area contributed by atoms with E-state index in [0.717, 1.165) is 16.8 Å². The van der Waals surface area contributed by atoms with Crippen LogP contribution in [-0.2, 0) is 0 Å². The Bertz CT molecular complexity index is 567. The average Bonchev–Trinajstić information content (AvgIpc) is 2.39. The molecule has 1 aromatic heterocycles. The van der Waals surface area contributed by atoms with E-state index in [1.165, 1.54) is 5.56 Å². The number of nitrogens with zero attached hydrogens (tertiary/aromatic N) is 2. The number of hydrogen-bond donors (Lipinski definition) is 1. The minimum atomic E-state index is -0.374. The van der Waals surface area contributed by atoms with Crippen molar-refractivity contribution in [3.63, 3.8) is 0 Å². The molecule has 0 bridgehead atoms. The maximum absolute atomic E-state index is 9.28. The lowest BCUT2D eigenvalue weighted by molar-refractivity contribution is 0.964. The maximum atomic E-state index is 9.28. The monoisotopic (exact) mass is 237 g/mol. The van der Waals surface area contributed by atoms with Crippen LogP contribution in [0.25, 0.3) is 0 Å². The Kier molecular flexibility index (Phi) is 3.59. The van der Waals surface area contributed by atoms with E-state index >= 15 is 0 Å². The van der Waals surface area contributed by atoms with Gasteiger partial charge < -0.3 is 5.32 Å². The molecular formula is C15H15N3. The van der Waals surface area contributed by atoms with Gasteiger partial charge in [-0.25, -0.2) is 0 Å². The lowest BCUT2D eigenvalue weighted by atomic mass is 10.0. The maximum Gasteiger partial charge on any atom is 0.142 e. The molecule has 0 spiro atoms. The first-order chi connectivity index (χ1) is 8.70. The second kappa shape index (κ2) is 5.33. The molecule has 0 aliphatic carbocycles. The zero-order valence-electron chi connectivity index (χ0n) is 10.5. The van der Waals surface area contributed by atoms with Crippen LogP contribution in [0, 0.1) is 25.2 Å². The number of benzene rings is 1. The largest absolute Gasteiger partial charge is 0.366 e. The lowest BCUT2D eigenvalue weighted by Crippen LogP contribution is -2.10. The Hall–Kier alpha value is -2.34. The van der Waals surface area contributed by atoms with Crippen molar-refractivity contribution in [3.05, 3.63) is 59.4 Å².